The number of carbonyl (C=O) groups is 1. The highest BCUT2D eigenvalue weighted by Crippen LogP contribution is 2.48. The Labute approximate surface area is 234 Å². The van der Waals surface area contributed by atoms with E-state index in [1.54, 1.807) is 7.11 Å². The average Bonchev–Trinajstić information content (AvgIpc) is 2.95. The van der Waals surface area contributed by atoms with Crippen LogP contribution in [0.15, 0.2) is 0 Å². The maximum absolute atomic E-state index is 11.0. The van der Waals surface area contributed by atoms with Crippen molar-refractivity contribution in [2.45, 2.75) is 117 Å². The minimum atomic E-state index is -0.185. The van der Waals surface area contributed by atoms with E-state index >= 15 is 0 Å². The Hall–Kier alpha value is -0.730. The molecule has 7 nitrogen and oxygen atoms in total. The van der Waals surface area contributed by atoms with Gasteiger partial charge in [0.1, 0.15) is 6.10 Å². The summed E-state index contributed by atoms with van der Waals surface area (Å²) < 4.78 is 23.6. The number of carbonyl (C=O) groups excluding carboxylic acids is 1. The van der Waals surface area contributed by atoms with Crippen molar-refractivity contribution in [3.05, 3.63) is 0 Å². The highest BCUT2D eigenvalue weighted by atomic mass is 16.6. The van der Waals surface area contributed by atoms with Crippen molar-refractivity contribution in [2.75, 3.05) is 59.6 Å². The highest BCUT2D eigenvalue weighted by Gasteiger charge is 2.41. The van der Waals surface area contributed by atoms with Gasteiger partial charge in [-0.15, -0.1) is 0 Å². The Morgan fingerprint density at radius 3 is 1.47 bits per heavy atom. The summed E-state index contributed by atoms with van der Waals surface area (Å²) in [6, 6.07) is 0. The molecule has 0 N–H and O–H groups in total. The van der Waals surface area contributed by atoms with Crippen LogP contribution in [0.4, 0.5) is 0 Å². The molecule has 0 bridgehead atoms. The monoisotopic (exact) mass is 540 g/mol. The first-order valence-electron chi connectivity index (χ1n) is 15.6. The van der Waals surface area contributed by atoms with Crippen LogP contribution in [-0.2, 0) is 23.7 Å². The molecule has 2 fully saturated rings. The fourth-order valence-corrected chi connectivity index (χ4v) is 6.72. The fraction of sp³-hybridized carbons (Fsp3) is 0.968. The smallest absolute Gasteiger partial charge is 0.293 e. The van der Waals surface area contributed by atoms with E-state index < -0.39 is 0 Å². The topological polar surface area (TPSA) is 60.5 Å². The zero-order valence-corrected chi connectivity index (χ0v) is 25.8. The maximum Gasteiger partial charge on any atom is 0.293 e. The van der Waals surface area contributed by atoms with Gasteiger partial charge in [-0.1, -0.05) is 41.5 Å². The van der Waals surface area contributed by atoms with Gasteiger partial charge in [0.05, 0.1) is 31.5 Å². The van der Waals surface area contributed by atoms with E-state index in [1.807, 2.05) is 0 Å². The number of nitrogens with zero attached hydrogens (tertiary/aromatic N) is 2. The van der Waals surface area contributed by atoms with Crippen LogP contribution in [0.5, 0.6) is 0 Å². The van der Waals surface area contributed by atoms with Gasteiger partial charge in [0, 0.05) is 20.2 Å². The van der Waals surface area contributed by atoms with Gasteiger partial charge in [-0.3, -0.25) is 4.79 Å². The molecule has 0 spiro atoms. The molecule has 2 atom stereocenters. The van der Waals surface area contributed by atoms with Crippen LogP contribution in [0.25, 0.3) is 0 Å². The first-order chi connectivity index (χ1) is 18.3. The maximum atomic E-state index is 11.0. The zero-order chi connectivity index (χ0) is 28.0. The molecule has 0 aromatic rings. The van der Waals surface area contributed by atoms with Crippen LogP contribution in [0, 0.1) is 17.3 Å². The van der Waals surface area contributed by atoms with E-state index in [0.717, 1.165) is 63.9 Å². The lowest BCUT2D eigenvalue weighted by Gasteiger charge is -2.46. The molecule has 38 heavy (non-hydrogen) atoms. The van der Waals surface area contributed by atoms with E-state index in [2.05, 4.69) is 51.3 Å². The summed E-state index contributed by atoms with van der Waals surface area (Å²) >= 11 is 0. The summed E-state index contributed by atoms with van der Waals surface area (Å²) in [4.78, 5) is 15.7. The van der Waals surface area contributed by atoms with Crippen LogP contribution in [0.1, 0.15) is 92.9 Å². The fourth-order valence-electron chi connectivity index (χ4n) is 6.72. The Balaban J connectivity index is 1.73. The number of ether oxygens (including phenoxy) is 4. The predicted molar refractivity (Wildman–Crippen MR) is 154 cm³/mol. The summed E-state index contributed by atoms with van der Waals surface area (Å²) in [7, 11) is 1.81. The zero-order valence-electron chi connectivity index (χ0n) is 25.8. The Kier molecular flexibility index (Phi) is 15.7. The predicted octanol–water partition coefficient (Wildman–Crippen LogP) is 5.40. The second kappa shape index (κ2) is 17.9. The Morgan fingerprint density at radius 2 is 1.11 bits per heavy atom. The number of likely N-dealkylation sites (N-methyl/N-ethyl adjacent to an activating group) is 2. The summed E-state index contributed by atoms with van der Waals surface area (Å²) in [5.74, 6) is 1.51. The Morgan fingerprint density at radius 1 is 0.711 bits per heavy atom. The summed E-state index contributed by atoms with van der Waals surface area (Å²) in [5.41, 5.74) is 0.347. The first-order valence-corrected chi connectivity index (χ1v) is 15.6. The molecule has 224 valence electrons. The molecule has 2 unspecified atom stereocenters. The quantitative estimate of drug-likeness (QED) is 0.203. The molecule has 0 aromatic carbocycles. The van der Waals surface area contributed by atoms with E-state index in [9.17, 15) is 4.79 Å². The first kappa shape index (κ1) is 33.5. The van der Waals surface area contributed by atoms with E-state index in [1.165, 1.54) is 38.5 Å². The summed E-state index contributed by atoms with van der Waals surface area (Å²) in [6.45, 7) is 21.1. The molecule has 0 aliphatic heterocycles. The van der Waals surface area contributed by atoms with Crippen molar-refractivity contribution in [1.29, 1.82) is 0 Å². The highest BCUT2D eigenvalue weighted by molar-refractivity contribution is 5.37. The van der Waals surface area contributed by atoms with Crippen molar-refractivity contribution in [2.24, 2.45) is 17.3 Å². The minimum Gasteiger partial charge on any atom is -0.461 e. The lowest BCUT2D eigenvalue weighted by atomic mass is 9.60. The van der Waals surface area contributed by atoms with Gasteiger partial charge in [0.15, 0.2) is 0 Å². The van der Waals surface area contributed by atoms with Crippen LogP contribution in [-0.4, -0.2) is 100 Å². The van der Waals surface area contributed by atoms with Crippen molar-refractivity contribution < 1.29 is 23.7 Å². The number of hydrogen-bond acceptors (Lipinski definition) is 7. The van der Waals surface area contributed by atoms with Gasteiger partial charge in [-0.05, 0) is 94.8 Å². The standard InChI is InChI=1S/C31H60N2O5/c1-8-32(9-2)20-29(35-7)22-36-27-16-12-25(13-17-27)31(5,6)26-14-18-28(19-15-26)37-23-30(38-24-34)21-33(10-3)11-4/h24-30H,8-23H2,1-7H3. The second-order valence-electron chi connectivity index (χ2n) is 12.1. The van der Waals surface area contributed by atoms with Crippen LogP contribution in [0.3, 0.4) is 0 Å². The van der Waals surface area contributed by atoms with Gasteiger partial charge in [0.25, 0.3) is 6.47 Å². The molecular formula is C31H60N2O5. The van der Waals surface area contributed by atoms with Crippen molar-refractivity contribution in [1.82, 2.24) is 9.80 Å². The van der Waals surface area contributed by atoms with Crippen molar-refractivity contribution >= 4 is 6.47 Å². The minimum absolute atomic E-state index is 0.152. The second-order valence-corrected chi connectivity index (χ2v) is 12.1. The summed E-state index contributed by atoms with van der Waals surface area (Å²) in [5, 5.41) is 0. The summed E-state index contributed by atoms with van der Waals surface area (Å²) in [6.07, 6.45) is 10.1. The molecule has 0 saturated heterocycles. The van der Waals surface area contributed by atoms with Crippen molar-refractivity contribution in [3.8, 4) is 0 Å². The molecule has 0 radical (unpaired) electrons. The van der Waals surface area contributed by atoms with Crippen LogP contribution < -0.4 is 0 Å². The number of hydrogen-bond donors (Lipinski definition) is 0. The molecule has 2 saturated carbocycles. The number of rotatable bonds is 19. The van der Waals surface area contributed by atoms with Crippen molar-refractivity contribution in [3.63, 3.8) is 0 Å². The molecule has 2 aliphatic rings. The number of methoxy groups -OCH3 is 1. The third kappa shape index (κ3) is 10.7. The molecule has 0 aromatic heterocycles. The van der Waals surface area contributed by atoms with Crippen LogP contribution in [0.2, 0.25) is 0 Å². The lowest BCUT2D eigenvalue weighted by Crippen LogP contribution is -2.41. The molecular weight excluding hydrogens is 480 g/mol. The normalized spacial score (nSPS) is 26.4. The van der Waals surface area contributed by atoms with Gasteiger partial charge in [-0.2, -0.15) is 0 Å². The third-order valence-corrected chi connectivity index (χ3v) is 9.78. The Bertz CT molecular complexity index is 609. The third-order valence-electron chi connectivity index (χ3n) is 9.78. The van der Waals surface area contributed by atoms with E-state index in [-0.39, 0.29) is 18.3 Å². The van der Waals surface area contributed by atoms with Gasteiger partial charge in [-0.25, -0.2) is 0 Å². The molecule has 2 aliphatic carbocycles. The molecule has 2 rings (SSSR count). The van der Waals surface area contributed by atoms with Crippen LogP contribution >= 0.6 is 0 Å². The molecule has 0 amide bonds. The largest absolute Gasteiger partial charge is 0.461 e. The van der Waals surface area contributed by atoms with Gasteiger partial charge in [0.2, 0.25) is 0 Å². The SMILES string of the molecule is CCN(CC)CC(COC1CCC(C(C)(C)C2CCC(OCC(CN(CC)CC)OC=O)CC2)CC1)OC. The lowest BCUT2D eigenvalue weighted by molar-refractivity contribution is -0.140. The molecule has 0 heterocycles. The molecule has 7 heteroatoms. The van der Waals surface area contributed by atoms with E-state index in [0.29, 0.717) is 31.2 Å². The van der Waals surface area contributed by atoms with Gasteiger partial charge >= 0.3 is 0 Å². The van der Waals surface area contributed by atoms with E-state index in [4.69, 9.17) is 18.9 Å². The average molecular weight is 541 g/mol. The van der Waals surface area contributed by atoms with Gasteiger partial charge < -0.3 is 28.7 Å².